The first-order chi connectivity index (χ1) is 12.3. The van der Waals surface area contributed by atoms with E-state index in [2.05, 4.69) is 15.0 Å². The lowest BCUT2D eigenvalue weighted by Gasteiger charge is -2.11. The molecule has 1 aromatic heterocycles. The molecule has 1 aliphatic heterocycles. The number of hydrogen-bond acceptors (Lipinski definition) is 6. The van der Waals surface area contributed by atoms with Crippen molar-refractivity contribution >= 4 is 39.2 Å². The first-order valence-corrected chi connectivity index (χ1v) is 9.43. The van der Waals surface area contributed by atoms with Crippen LogP contribution in [0.3, 0.4) is 0 Å². The number of cyclic esters (lactones) is 1. The molecule has 3 rings (SSSR count). The van der Waals surface area contributed by atoms with Crippen LogP contribution in [0.5, 0.6) is 0 Å². The Hall–Kier alpha value is -2.49. The molecule has 0 spiro atoms. The second kappa shape index (κ2) is 7.40. The molecule has 0 bridgehead atoms. The van der Waals surface area contributed by atoms with Gasteiger partial charge in [0.05, 0.1) is 17.1 Å². The van der Waals surface area contributed by atoms with Crippen molar-refractivity contribution in [2.24, 2.45) is 0 Å². The van der Waals surface area contributed by atoms with Crippen LogP contribution in [-0.4, -0.2) is 37.9 Å². The van der Waals surface area contributed by atoms with Gasteiger partial charge in [0.25, 0.3) is 5.91 Å². The molecule has 1 aromatic carbocycles. The zero-order valence-corrected chi connectivity index (χ0v) is 14.9. The minimum Gasteiger partial charge on any atom is -0.464 e. The Morgan fingerprint density at radius 2 is 1.92 bits per heavy atom. The van der Waals surface area contributed by atoms with E-state index in [9.17, 15) is 18.0 Å². The maximum absolute atomic E-state index is 12.3. The van der Waals surface area contributed by atoms with E-state index >= 15 is 0 Å². The summed E-state index contributed by atoms with van der Waals surface area (Å²) in [6.45, 7) is 0.191. The normalized spacial score (nSPS) is 17.0. The van der Waals surface area contributed by atoms with Crippen LogP contribution in [0.15, 0.2) is 47.5 Å². The summed E-state index contributed by atoms with van der Waals surface area (Å²) in [4.78, 5) is 27.3. The van der Waals surface area contributed by atoms with Gasteiger partial charge in [-0.1, -0.05) is 11.6 Å². The highest BCUT2D eigenvalue weighted by Crippen LogP contribution is 2.17. The summed E-state index contributed by atoms with van der Waals surface area (Å²) in [5.74, 6) is -0.995. The maximum atomic E-state index is 12.3. The van der Waals surface area contributed by atoms with Crippen LogP contribution >= 0.6 is 11.6 Å². The highest BCUT2D eigenvalue weighted by Gasteiger charge is 2.31. The van der Waals surface area contributed by atoms with Crippen LogP contribution < -0.4 is 10.0 Å². The largest absolute Gasteiger partial charge is 0.464 e. The molecule has 2 heterocycles. The van der Waals surface area contributed by atoms with Crippen molar-refractivity contribution in [2.75, 3.05) is 11.9 Å². The Balaban J connectivity index is 1.68. The lowest BCUT2D eigenvalue weighted by atomic mass is 10.2. The topological polar surface area (TPSA) is 114 Å². The molecular weight excluding hydrogens is 382 g/mol. The van der Waals surface area contributed by atoms with Gasteiger partial charge in [-0.05, 0) is 36.4 Å². The standard InChI is InChI=1S/C16H14ClN3O5S/c17-14-6-1-10(9-18-14)15(21)19-11-2-4-12(5-3-11)26(23,24)20-13-7-8-25-16(13)22/h1-6,9,13,20H,7-8H2,(H,19,21). The second-order valence-electron chi connectivity index (χ2n) is 5.48. The van der Waals surface area contributed by atoms with E-state index in [-0.39, 0.29) is 16.7 Å². The Bertz CT molecular complexity index is 929. The Morgan fingerprint density at radius 1 is 1.19 bits per heavy atom. The number of benzene rings is 1. The lowest BCUT2D eigenvalue weighted by Crippen LogP contribution is -2.37. The third-order valence-corrected chi connectivity index (χ3v) is 5.36. The van der Waals surface area contributed by atoms with Crippen LogP contribution in [0.25, 0.3) is 0 Å². The van der Waals surface area contributed by atoms with Gasteiger partial charge < -0.3 is 10.1 Å². The van der Waals surface area contributed by atoms with Gasteiger partial charge in [-0.25, -0.2) is 13.4 Å². The summed E-state index contributed by atoms with van der Waals surface area (Å²) in [6.07, 6.45) is 1.63. The van der Waals surface area contributed by atoms with E-state index in [1.54, 1.807) is 0 Å². The number of sulfonamides is 1. The van der Waals surface area contributed by atoms with Crippen molar-refractivity contribution in [1.29, 1.82) is 0 Å². The quantitative estimate of drug-likeness (QED) is 0.586. The van der Waals surface area contributed by atoms with Crippen molar-refractivity contribution in [1.82, 2.24) is 9.71 Å². The molecule has 1 fully saturated rings. The lowest BCUT2D eigenvalue weighted by molar-refractivity contribution is -0.139. The molecule has 136 valence electrons. The SMILES string of the molecule is O=C(Nc1ccc(S(=O)(=O)NC2CCOC2=O)cc1)c1ccc(Cl)nc1. The number of pyridine rings is 1. The van der Waals surface area contributed by atoms with Crippen LogP contribution in [0.2, 0.25) is 5.15 Å². The summed E-state index contributed by atoms with van der Waals surface area (Å²) in [5, 5.41) is 2.90. The monoisotopic (exact) mass is 395 g/mol. The molecule has 0 radical (unpaired) electrons. The van der Waals surface area contributed by atoms with E-state index in [0.29, 0.717) is 17.7 Å². The smallest absolute Gasteiger partial charge is 0.324 e. The molecular formula is C16H14ClN3O5S. The molecule has 0 aliphatic carbocycles. The number of rotatable bonds is 5. The third kappa shape index (κ3) is 4.18. The predicted octanol–water partition coefficient (Wildman–Crippen LogP) is 1.58. The highest BCUT2D eigenvalue weighted by atomic mass is 35.5. The molecule has 1 atom stereocenters. The number of nitrogens with zero attached hydrogens (tertiary/aromatic N) is 1. The average molecular weight is 396 g/mol. The van der Waals surface area contributed by atoms with Crippen molar-refractivity contribution in [3.63, 3.8) is 0 Å². The molecule has 0 saturated carbocycles. The second-order valence-corrected chi connectivity index (χ2v) is 7.58. The zero-order chi connectivity index (χ0) is 18.7. The van der Waals surface area contributed by atoms with Crippen molar-refractivity contribution in [3.8, 4) is 0 Å². The van der Waals surface area contributed by atoms with Gasteiger partial charge in [0.1, 0.15) is 11.2 Å². The number of nitrogens with one attached hydrogen (secondary N) is 2. The van der Waals surface area contributed by atoms with E-state index < -0.39 is 27.9 Å². The summed E-state index contributed by atoms with van der Waals surface area (Å²) in [5.41, 5.74) is 0.719. The van der Waals surface area contributed by atoms with Crippen LogP contribution in [0.1, 0.15) is 16.8 Å². The highest BCUT2D eigenvalue weighted by molar-refractivity contribution is 7.89. The Labute approximate surface area is 154 Å². The van der Waals surface area contributed by atoms with Gasteiger partial charge >= 0.3 is 5.97 Å². The molecule has 2 aromatic rings. The third-order valence-electron chi connectivity index (χ3n) is 3.64. The summed E-state index contributed by atoms with van der Waals surface area (Å²) >= 11 is 5.67. The van der Waals surface area contributed by atoms with E-state index in [4.69, 9.17) is 16.3 Å². The molecule has 1 amide bonds. The molecule has 1 unspecified atom stereocenters. The zero-order valence-electron chi connectivity index (χ0n) is 13.3. The molecule has 1 saturated heterocycles. The number of esters is 1. The first kappa shape index (κ1) is 18.3. The number of ether oxygens (including phenoxy) is 1. The van der Waals surface area contributed by atoms with Gasteiger partial charge in [-0.2, -0.15) is 4.72 Å². The van der Waals surface area contributed by atoms with E-state index in [0.717, 1.165) is 0 Å². The fourth-order valence-electron chi connectivity index (χ4n) is 2.29. The Kier molecular flexibility index (Phi) is 5.21. The average Bonchev–Trinajstić information content (AvgIpc) is 3.00. The summed E-state index contributed by atoms with van der Waals surface area (Å²) in [6, 6.07) is 7.69. The molecule has 2 N–H and O–H groups in total. The number of aromatic nitrogens is 1. The van der Waals surface area contributed by atoms with Crippen molar-refractivity contribution in [2.45, 2.75) is 17.4 Å². The fourth-order valence-corrected chi connectivity index (χ4v) is 3.62. The fraction of sp³-hybridized carbons (Fsp3) is 0.188. The van der Waals surface area contributed by atoms with Gasteiger partial charge in [0, 0.05) is 18.3 Å². The van der Waals surface area contributed by atoms with Crippen molar-refractivity contribution < 1.29 is 22.7 Å². The number of carbonyl (C=O) groups is 2. The molecule has 8 nitrogen and oxygen atoms in total. The molecule has 1 aliphatic rings. The predicted molar refractivity (Wildman–Crippen MR) is 93.3 cm³/mol. The number of halogens is 1. The van der Waals surface area contributed by atoms with Gasteiger partial charge in [0.15, 0.2) is 0 Å². The maximum Gasteiger partial charge on any atom is 0.324 e. The van der Waals surface area contributed by atoms with Crippen LogP contribution in [-0.2, 0) is 19.6 Å². The van der Waals surface area contributed by atoms with Gasteiger partial charge in [-0.3, -0.25) is 9.59 Å². The first-order valence-electron chi connectivity index (χ1n) is 7.57. The van der Waals surface area contributed by atoms with Crippen LogP contribution in [0.4, 0.5) is 5.69 Å². The molecule has 10 heteroatoms. The minimum absolute atomic E-state index is 0.0247. The number of hydrogen-bond donors (Lipinski definition) is 2. The number of carbonyl (C=O) groups excluding carboxylic acids is 2. The summed E-state index contributed by atoms with van der Waals surface area (Å²) < 4.78 is 31.6. The molecule has 26 heavy (non-hydrogen) atoms. The van der Waals surface area contributed by atoms with Crippen molar-refractivity contribution in [3.05, 3.63) is 53.3 Å². The van der Waals surface area contributed by atoms with Gasteiger partial charge in [0.2, 0.25) is 10.0 Å². The number of anilines is 1. The van der Waals surface area contributed by atoms with Crippen LogP contribution in [0, 0.1) is 0 Å². The minimum atomic E-state index is -3.87. The number of amides is 1. The van der Waals surface area contributed by atoms with Gasteiger partial charge in [-0.15, -0.1) is 0 Å². The summed E-state index contributed by atoms with van der Waals surface area (Å²) in [7, 11) is -3.87. The van der Waals surface area contributed by atoms with E-state index in [1.807, 2.05) is 0 Å². The Morgan fingerprint density at radius 3 is 2.50 bits per heavy atom. The van der Waals surface area contributed by atoms with E-state index in [1.165, 1.54) is 42.6 Å².